The Morgan fingerprint density at radius 2 is 2.15 bits per heavy atom. The van der Waals surface area contributed by atoms with Gasteiger partial charge in [0.2, 0.25) is 5.95 Å². The van der Waals surface area contributed by atoms with E-state index in [1.807, 2.05) is 12.3 Å². The van der Waals surface area contributed by atoms with Crippen LogP contribution in [0, 0.1) is 5.92 Å². The summed E-state index contributed by atoms with van der Waals surface area (Å²) in [6.45, 7) is 9.01. The van der Waals surface area contributed by atoms with E-state index in [-0.39, 0.29) is 0 Å². The topological polar surface area (TPSA) is 41.5 Å². The van der Waals surface area contributed by atoms with Gasteiger partial charge in [-0.3, -0.25) is 4.90 Å². The Labute approximate surface area is 121 Å². The Hall–Kier alpha value is -1.20. The molecule has 0 unspecified atom stereocenters. The first-order valence-corrected chi connectivity index (χ1v) is 7.68. The summed E-state index contributed by atoms with van der Waals surface area (Å²) >= 11 is 0. The van der Waals surface area contributed by atoms with E-state index in [2.05, 4.69) is 21.7 Å². The van der Waals surface area contributed by atoms with E-state index in [4.69, 9.17) is 9.72 Å². The second kappa shape index (κ2) is 6.50. The normalized spacial score (nSPS) is 24.9. The maximum absolute atomic E-state index is 5.38. The highest BCUT2D eigenvalue weighted by Crippen LogP contribution is 2.18. The third-order valence-electron chi connectivity index (χ3n) is 4.12. The first kappa shape index (κ1) is 13.8. The summed E-state index contributed by atoms with van der Waals surface area (Å²) < 4.78 is 5.38. The van der Waals surface area contributed by atoms with E-state index in [0.717, 1.165) is 50.4 Å². The molecule has 20 heavy (non-hydrogen) atoms. The van der Waals surface area contributed by atoms with E-state index in [1.54, 1.807) is 0 Å². The van der Waals surface area contributed by atoms with Crippen LogP contribution in [0.1, 0.15) is 25.5 Å². The van der Waals surface area contributed by atoms with E-state index in [9.17, 15) is 0 Å². The minimum absolute atomic E-state index is 0.775. The monoisotopic (exact) mass is 276 g/mol. The lowest BCUT2D eigenvalue weighted by Gasteiger charge is -2.31. The first-order valence-electron chi connectivity index (χ1n) is 7.68. The third kappa shape index (κ3) is 3.46. The maximum atomic E-state index is 5.38. The van der Waals surface area contributed by atoms with Crippen LogP contribution in [-0.2, 0) is 11.3 Å². The lowest BCUT2D eigenvalue weighted by atomic mass is 10.0. The van der Waals surface area contributed by atoms with Gasteiger partial charge in [0.05, 0.1) is 18.9 Å². The summed E-state index contributed by atoms with van der Waals surface area (Å²) in [6.07, 6.45) is 4.56. The molecule has 3 heterocycles. The van der Waals surface area contributed by atoms with Crippen molar-refractivity contribution in [2.24, 2.45) is 5.92 Å². The second-order valence-corrected chi connectivity index (χ2v) is 5.93. The molecule has 1 atom stereocenters. The number of rotatable bonds is 3. The number of piperidine rings is 1. The zero-order chi connectivity index (χ0) is 13.8. The second-order valence-electron chi connectivity index (χ2n) is 5.93. The summed E-state index contributed by atoms with van der Waals surface area (Å²) in [5.41, 5.74) is 1.13. The number of ether oxygens (including phenoxy) is 1. The summed E-state index contributed by atoms with van der Waals surface area (Å²) in [7, 11) is 0. The molecule has 0 radical (unpaired) electrons. The van der Waals surface area contributed by atoms with Gasteiger partial charge in [-0.15, -0.1) is 0 Å². The van der Waals surface area contributed by atoms with Crippen LogP contribution in [0.5, 0.6) is 0 Å². The van der Waals surface area contributed by atoms with E-state index in [0.29, 0.717) is 0 Å². The molecule has 0 bridgehead atoms. The molecule has 0 saturated carbocycles. The fraction of sp³-hybridized carbons (Fsp3) is 0.733. The van der Waals surface area contributed by atoms with Crippen molar-refractivity contribution >= 4 is 5.95 Å². The Morgan fingerprint density at radius 3 is 2.95 bits per heavy atom. The van der Waals surface area contributed by atoms with Gasteiger partial charge in [0.1, 0.15) is 0 Å². The molecular formula is C15H24N4O. The van der Waals surface area contributed by atoms with Crippen LogP contribution in [0.2, 0.25) is 0 Å². The van der Waals surface area contributed by atoms with E-state index in [1.165, 1.54) is 25.9 Å². The van der Waals surface area contributed by atoms with Crippen molar-refractivity contribution in [2.45, 2.75) is 26.3 Å². The zero-order valence-electron chi connectivity index (χ0n) is 12.3. The van der Waals surface area contributed by atoms with Crippen LogP contribution in [0.4, 0.5) is 5.95 Å². The highest BCUT2D eigenvalue weighted by atomic mass is 16.5. The zero-order valence-corrected chi connectivity index (χ0v) is 12.3. The lowest BCUT2D eigenvalue weighted by Crippen LogP contribution is -2.38. The third-order valence-corrected chi connectivity index (χ3v) is 4.12. The van der Waals surface area contributed by atoms with Crippen molar-refractivity contribution in [1.82, 2.24) is 14.9 Å². The smallest absolute Gasteiger partial charge is 0.225 e. The fourth-order valence-electron chi connectivity index (χ4n) is 3.05. The lowest BCUT2D eigenvalue weighted by molar-refractivity contribution is 0.122. The van der Waals surface area contributed by atoms with Gasteiger partial charge in [0.25, 0.3) is 0 Å². The fourth-order valence-corrected chi connectivity index (χ4v) is 3.05. The van der Waals surface area contributed by atoms with E-state index < -0.39 is 0 Å². The number of nitrogens with zero attached hydrogens (tertiary/aromatic N) is 4. The van der Waals surface area contributed by atoms with Gasteiger partial charge < -0.3 is 9.64 Å². The molecule has 2 aliphatic heterocycles. The van der Waals surface area contributed by atoms with Crippen molar-refractivity contribution < 1.29 is 4.74 Å². The molecular weight excluding hydrogens is 252 g/mol. The Kier molecular flexibility index (Phi) is 4.47. The largest absolute Gasteiger partial charge is 0.378 e. The van der Waals surface area contributed by atoms with Crippen LogP contribution in [0.3, 0.4) is 0 Å². The van der Waals surface area contributed by atoms with Crippen molar-refractivity contribution in [3.63, 3.8) is 0 Å². The van der Waals surface area contributed by atoms with Crippen LogP contribution in [0.15, 0.2) is 12.3 Å². The Balaban J connectivity index is 1.64. The first-order chi connectivity index (χ1) is 9.81. The predicted molar refractivity (Wildman–Crippen MR) is 78.7 cm³/mol. The van der Waals surface area contributed by atoms with Crippen LogP contribution >= 0.6 is 0 Å². The SMILES string of the molecule is C[C@@H]1CCCN(Cc2ccnc(N3CCOCC3)n2)C1. The molecule has 110 valence electrons. The molecule has 1 aromatic heterocycles. The highest BCUT2D eigenvalue weighted by Gasteiger charge is 2.18. The average molecular weight is 276 g/mol. The molecule has 0 aromatic carbocycles. The highest BCUT2D eigenvalue weighted by molar-refractivity contribution is 5.30. The molecule has 0 N–H and O–H groups in total. The van der Waals surface area contributed by atoms with Crippen molar-refractivity contribution in [3.8, 4) is 0 Å². The molecule has 0 aliphatic carbocycles. The van der Waals surface area contributed by atoms with Crippen LogP contribution < -0.4 is 4.90 Å². The molecule has 5 nitrogen and oxygen atoms in total. The van der Waals surface area contributed by atoms with Gasteiger partial charge in [-0.25, -0.2) is 9.97 Å². The van der Waals surface area contributed by atoms with Gasteiger partial charge in [-0.2, -0.15) is 0 Å². The molecule has 0 spiro atoms. The number of hydrogen-bond acceptors (Lipinski definition) is 5. The minimum Gasteiger partial charge on any atom is -0.378 e. The summed E-state index contributed by atoms with van der Waals surface area (Å²) in [4.78, 5) is 13.9. The van der Waals surface area contributed by atoms with Crippen LogP contribution in [0.25, 0.3) is 0 Å². The van der Waals surface area contributed by atoms with Gasteiger partial charge in [0, 0.05) is 32.4 Å². The molecule has 3 rings (SSSR count). The molecule has 0 amide bonds. The summed E-state index contributed by atoms with van der Waals surface area (Å²) in [6, 6.07) is 2.04. The van der Waals surface area contributed by atoms with Crippen molar-refractivity contribution in [3.05, 3.63) is 18.0 Å². The van der Waals surface area contributed by atoms with E-state index >= 15 is 0 Å². The predicted octanol–water partition coefficient (Wildman–Crippen LogP) is 1.55. The summed E-state index contributed by atoms with van der Waals surface area (Å²) in [5, 5.41) is 0. The van der Waals surface area contributed by atoms with Crippen LogP contribution in [-0.4, -0.2) is 54.3 Å². The number of anilines is 1. The molecule has 1 aromatic rings. The minimum atomic E-state index is 0.775. The average Bonchev–Trinajstić information content (AvgIpc) is 2.48. The maximum Gasteiger partial charge on any atom is 0.225 e. The number of aromatic nitrogens is 2. The number of hydrogen-bond donors (Lipinski definition) is 0. The van der Waals surface area contributed by atoms with Gasteiger partial charge >= 0.3 is 0 Å². The number of morpholine rings is 1. The van der Waals surface area contributed by atoms with Crippen molar-refractivity contribution in [2.75, 3.05) is 44.3 Å². The van der Waals surface area contributed by atoms with Gasteiger partial charge in [-0.05, 0) is 31.4 Å². The van der Waals surface area contributed by atoms with Crippen molar-refractivity contribution in [1.29, 1.82) is 0 Å². The standard InChI is InChI=1S/C15H24N4O/c1-13-3-2-6-18(11-13)12-14-4-5-16-15(17-14)19-7-9-20-10-8-19/h4-5,13H,2-3,6-12H2,1H3/t13-/m1/s1. The molecule has 2 aliphatic rings. The van der Waals surface area contributed by atoms with Gasteiger partial charge in [-0.1, -0.05) is 6.92 Å². The summed E-state index contributed by atoms with van der Waals surface area (Å²) in [5.74, 6) is 1.67. The van der Waals surface area contributed by atoms with Gasteiger partial charge in [0.15, 0.2) is 0 Å². The molecule has 5 heteroatoms. The molecule has 2 fully saturated rings. The quantitative estimate of drug-likeness (QED) is 0.838. The molecule has 2 saturated heterocycles. The Morgan fingerprint density at radius 1 is 1.30 bits per heavy atom. The Bertz CT molecular complexity index is 434. The number of likely N-dealkylation sites (tertiary alicyclic amines) is 1.